The van der Waals surface area contributed by atoms with E-state index in [0.29, 0.717) is 0 Å². The van der Waals surface area contributed by atoms with E-state index in [1.807, 2.05) is 0 Å². The van der Waals surface area contributed by atoms with Crippen LogP contribution in [0.2, 0.25) is 0 Å². The predicted molar refractivity (Wildman–Crippen MR) is 28.6 cm³/mol. The Balaban J connectivity index is 4.32. The summed E-state index contributed by atoms with van der Waals surface area (Å²) in [4.78, 5) is 10.8. The number of carbonyl (C=O) groups excluding carboxylic acids is 1. The smallest absolute Gasteiger partial charge is 0.369 e. The van der Waals surface area contributed by atoms with Crippen LogP contribution in [-0.4, -0.2) is 12.0 Å². The number of hydrogen-bond acceptors (Lipinski definition) is 2. The number of esters is 1. The van der Waals surface area contributed by atoms with E-state index in [1.165, 1.54) is 6.92 Å². The van der Waals surface area contributed by atoms with Crippen molar-refractivity contribution in [1.29, 1.82) is 0 Å². The van der Waals surface area contributed by atoms with E-state index in [2.05, 4.69) is 10.5 Å². The summed E-state index contributed by atoms with van der Waals surface area (Å²) in [6.45, 7) is 0.281. The third-order valence-electron chi connectivity index (χ3n) is 0.492. The first-order valence-electron chi connectivity index (χ1n) is 3.97. The minimum absolute atomic E-state index is 0.873. The van der Waals surface area contributed by atoms with Crippen molar-refractivity contribution in [3.05, 3.63) is 12.8 Å². The van der Waals surface area contributed by atoms with Gasteiger partial charge in [0.15, 0.2) is 6.02 Å². The number of carbonyl (C=O) groups is 1. The van der Waals surface area contributed by atoms with Crippen molar-refractivity contribution >= 4 is 5.97 Å². The van der Waals surface area contributed by atoms with Gasteiger partial charge < -0.3 is 10.5 Å². The molecule has 3 heteroatoms. The van der Waals surface area contributed by atoms with E-state index in [0.717, 1.165) is 0 Å². The molecular weight excluding hydrogens is 106 g/mol. The molecule has 0 aliphatic heterocycles. The Bertz CT molecular complexity index is 216. The first-order chi connectivity index (χ1) is 5.25. The fourth-order valence-electron chi connectivity index (χ4n) is 0.133. The summed E-state index contributed by atoms with van der Waals surface area (Å²) in [5.74, 6) is -1.05. The van der Waals surface area contributed by atoms with Crippen LogP contribution in [0.5, 0.6) is 0 Å². The Morgan fingerprint density at radius 1 is 2.50 bits per heavy atom. The average Bonchev–Trinajstić information content (AvgIpc) is 1.85. The zero-order chi connectivity index (χ0) is 9.94. The highest BCUT2D eigenvalue weighted by molar-refractivity contribution is 5.73. The summed E-state index contributed by atoms with van der Waals surface area (Å²) in [6, 6.07) is -1.71. The lowest BCUT2D eigenvalue weighted by molar-refractivity contribution is -0.402. The van der Waals surface area contributed by atoms with Gasteiger partial charge in [-0.25, -0.2) is 4.79 Å². The van der Waals surface area contributed by atoms with E-state index < -0.39 is 24.8 Å². The second-order valence-electron chi connectivity index (χ2n) is 1.27. The molecule has 0 fully saturated rings. The van der Waals surface area contributed by atoms with Gasteiger partial charge in [0.25, 0.3) is 0 Å². The Morgan fingerprint density at radius 2 is 3.12 bits per heavy atom. The zero-order valence-electron chi connectivity index (χ0n) is 8.52. The van der Waals surface area contributed by atoms with E-state index in [-0.39, 0.29) is 0 Å². The lowest BCUT2D eigenvalue weighted by atomic mass is 10.4. The van der Waals surface area contributed by atoms with Crippen LogP contribution in [0.1, 0.15) is 12.4 Å². The molecular formula is C5H10NO2+. The van der Waals surface area contributed by atoms with Crippen molar-refractivity contribution < 1.29 is 20.7 Å². The van der Waals surface area contributed by atoms with Crippen LogP contribution in [0.3, 0.4) is 0 Å². The molecule has 0 saturated heterocycles. The van der Waals surface area contributed by atoms with Gasteiger partial charge in [0, 0.05) is 0 Å². The summed E-state index contributed by atoms with van der Waals surface area (Å²) in [7, 11) is 0. The fraction of sp³-hybridized carbons (Fsp3) is 0.400. The summed E-state index contributed by atoms with van der Waals surface area (Å²) >= 11 is 0. The molecule has 8 heavy (non-hydrogen) atoms. The van der Waals surface area contributed by atoms with Crippen LogP contribution >= 0.6 is 0 Å². The van der Waals surface area contributed by atoms with Crippen LogP contribution in [0.15, 0.2) is 12.8 Å². The van der Waals surface area contributed by atoms with Gasteiger partial charge in [0.2, 0.25) is 0 Å². The van der Waals surface area contributed by atoms with Crippen molar-refractivity contribution in [1.82, 2.24) is 0 Å². The lowest BCUT2D eigenvalue weighted by Crippen LogP contribution is -2.63. The molecule has 0 aliphatic carbocycles. The minimum atomic E-state index is -1.71. The SMILES string of the molecule is [2H]C([2H])=C([2H])OC(=O)[C@]([2H])(C)[NH3+]. The second kappa shape index (κ2) is 3.21. The zero-order valence-corrected chi connectivity index (χ0v) is 4.52. The molecule has 46 valence electrons. The maximum absolute atomic E-state index is 10.8. The van der Waals surface area contributed by atoms with E-state index >= 15 is 0 Å². The molecule has 0 aliphatic rings. The number of ether oxygens (including phenoxy) is 1. The molecule has 0 aromatic heterocycles. The molecule has 0 amide bonds. The van der Waals surface area contributed by atoms with E-state index in [9.17, 15) is 4.79 Å². The standard InChI is InChI=1S/C5H9NO2/c1-3-8-5(7)4(2)6/h3-4H,1,6H2,2H3/p+1/t4-/m0/s1/i1D2,3D,4D. The van der Waals surface area contributed by atoms with E-state index in [1.54, 1.807) is 0 Å². The Hall–Kier alpha value is -0.830. The van der Waals surface area contributed by atoms with Crippen LogP contribution in [-0.2, 0) is 9.53 Å². The molecule has 0 aromatic rings. The number of hydrogen-bond donors (Lipinski definition) is 1. The normalized spacial score (nSPS) is 22.8. The second-order valence-corrected chi connectivity index (χ2v) is 1.27. The Labute approximate surface area is 53.7 Å². The van der Waals surface area contributed by atoms with Crippen LogP contribution in [0, 0.1) is 0 Å². The van der Waals surface area contributed by atoms with Gasteiger partial charge in [-0.15, -0.1) is 0 Å². The summed E-state index contributed by atoms with van der Waals surface area (Å²) in [5, 5.41) is 0. The highest BCUT2D eigenvalue weighted by atomic mass is 16.5. The van der Waals surface area contributed by atoms with Gasteiger partial charge in [-0.1, -0.05) is 6.53 Å². The largest absolute Gasteiger partial charge is 0.431 e. The minimum Gasteiger partial charge on any atom is -0.431 e. The van der Waals surface area contributed by atoms with Gasteiger partial charge in [-0.3, -0.25) is 0 Å². The van der Waals surface area contributed by atoms with Crippen LogP contribution in [0.25, 0.3) is 0 Å². The maximum Gasteiger partial charge on any atom is 0.369 e. The number of rotatable bonds is 2. The summed E-state index contributed by atoms with van der Waals surface area (Å²) in [5.41, 5.74) is 3.15. The molecule has 3 nitrogen and oxygen atoms in total. The quantitative estimate of drug-likeness (QED) is 0.387. The van der Waals surface area contributed by atoms with Gasteiger partial charge in [0.1, 0.15) is 2.74 Å². The Kier molecular flexibility index (Phi) is 1.06. The molecule has 0 bridgehead atoms. The molecule has 0 unspecified atom stereocenters. The van der Waals surface area contributed by atoms with Crippen molar-refractivity contribution in [3.63, 3.8) is 0 Å². The van der Waals surface area contributed by atoms with Crippen LogP contribution in [0.4, 0.5) is 0 Å². The van der Waals surface area contributed by atoms with Crippen molar-refractivity contribution in [2.75, 3.05) is 0 Å². The van der Waals surface area contributed by atoms with Crippen LogP contribution < -0.4 is 5.73 Å². The van der Waals surface area contributed by atoms with Gasteiger partial charge in [-0.05, 0) is 6.92 Å². The fourth-order valence-corrected chi connectivity index (χ4v) is 0.133. The van der Waals surface area contributed by atoms with Gasteiger partial charge in [0.05, 0.1) is 8.98 Å². The van der Waals surface area contributed by atoms with Crippen molar-refractivity contribution in [2.45, 2.75) is 12.9 Å². The third kappa shape index (κ3) is 2.36. The molecule has 1 atom stereocenters. The lowest BCUT2D eigenvalue weighted by Gasteiger charge is -1.96. The molecule has 0 saturated carbocycles. The van der Waals surface area contributed by atoms with Crippen molar-refractivity contribution in [3.8, 4) is 0 Å². The molecule has 3 N–H and O–H groups in total. The summed E-state index contributed by atoms with van der Waals surface area (Å²) < 4.78 is 31.2. The van der Waals surface area contributed by atoms with Crippen molar-refractivity contribution in [2.24, 2.45) is 0 Å². The number of quaternary nitrogens is 1. The average molecular weight is 120 g/mol. The van der Waals surface area contributed by atoms with Gasteiger partial charge in [-0.2, -0.15) is 0 Å². The van der Waals surface area contributed by atoms with E-state index in [4.69, 9.17) is 5.48 Å². The molecule has 0 spiro atoms. The Morgan fingerprint density at radius 3 is 3.50 bits per heavy atom. The molecule has 0 aromatic carbocycles. The maximum atomic E-state index is 10.8. The first-order valence-corrected chi connectivity index (χ1v) is 1.97. The molecule has 0 radical (unpaired) electrons. The third-order valence-corrected chi connectivity index (χ3v) is 0.492. The molecule has 0 rings (SSSR count). The topological polar surface area (TPSA) is 53.9 Å². The monoisotopic (exact) mass is 120 g/mol. The highest BCUT2D eigenvalue weighted by Gasteiger charge is 2.09. The molecule has 0 heterocycles. The summed E-state index contributed by atoms with van der Waals surface area (Å²) in [6.07, 6.45) is -0.873. The highest BCUT2D eigenvalue weighted by Crippen LogP contribution is 1.79. The first kappa shape index (κ1) is 2.64. The predicted octanol–water partition coefficient (Wildman–Crippen LogP) is -0.697. The van der Waals surface area contributed by atoms with Gasteiger partial charge >= 0.3 is 5.97 Å².